The van der Waals surface area contributed by atoms with Gasteiger partial charge < -0.3 is 0 Å². The Morgan fingerprint density at radius 2 is 1.22 bits per heavy atom. The minimum Gasteiger partial charge on any atom is -0.198 e. The molecule has 9 heavy (non-hydrogen) atoms. The van der Waals surface area contributed by atoms with Crippen LogP contribution < -0.4 is 0 Å². The molecule has 1 aromatic rings. The number of H-pyrrole nitrogens is 1. The van der Waals surface area contributed by atoms with E-state index in [0.29, 0.717) is 0 Å². The van der Waals surface area contributed by atoms with Crippen LogP contribution in [-0.4, -0.2) is 15.4 Å². The molecule has 3 nitrogen and oxygen atoms in total. The molecule has 0 saturated heterocycles. The number of aromatic amines is 1. The van der Waals surface area contributed by atoms with Crippen LogP contribution in [0, 0.1) is 0 Å². The van der Waals surface area contributed by atoms with Crippen LogP contribution in [0.2, 0.25) is 0 Å². The van der Waals surface area contributed by atoms with E-state index in [-0.39, 0.29) is 0 Å². The van der Waals surface area contributed by atoms with Crippen LogP contribution in [0.1, 0.15) is 27.7 Å². The van der Waals surface area contributed by atoms with Crippen LogP contribution in [0.5, 0.6) is 0 Å². The summed E-state index contributed by atoms with van der Waals surface area (Å²) in [5.74, 6) is 0. The van der Waals surface area contributed by atoms with Gasteiger partial charge in [0.1, 0.15) is 0 Å². The highest BCUT2D eigenvalue weighted by Crippen LogP contribution is 1.55. The topological polar surface area (TPSA) is 41.6 Å². The zero-order valence-electron chi connectivity index (χ0n) is 6.55. The van der Waals surface area contributed by atoms with Gasteiger partial charge >= 0.3 is 0 Å². The smallest absolute Gasteiger partial charge is 0.0690 e. The summed E-state index contributed by atoms with van der Waals surface area (Å²) in [6.45, 7) is 8.00. The summed E-state index contributed by atoms with van der Waals surface area (Å²) in [7, 11) is 0. The number of aromatic nitrogens is 3. The fraction of sp³-hybridized carbons (Fsp3) is 0.667. The van der Waals surface area contributed by atoms with E-state index in [1.807, 2.05) is 27.7 Å². The van der Waals surface area contributed by atoms with Gasteiger partial charge in [-0.05, 0) is 0 Å². The van der Waals surface area contributed by atoms with E-state index in [9.17, 15) is 0 Å². The van der Waals surface area contributed by atoms with Crippen LogP contribution >= 0.6 is 0 Å². The van der Waals surface area contributed by atoms with Gasteiger partial charge in [0.2, 0.25) is 0 Å². The highest BCUT2D eigenvalue weighted by molar-refractivity contribution is 4.54. The van der Waals surface area contributed by atoms with Crippen molar-refractivity contribution in [1.82, 2.24) is 15.4 Å². The second kappa shape index (κ2) is 15.7. The zero-order chi connectivity index (χ0) is 7.54. The normalized spacial score (nSPS) is 5.78. The summed E-state index contributed by atoms with van der Waals surface area (Å²) in [6.07, 6.45) is 3.17. The Balaban J connectivity index is 0. The summed E-state index contributed by atoms with van der Waals surface area (Å²) in [4.78, 5) is 0. The second-order valence-corrected chi connectivity index (χ2v) is 0.656. The molecule has 1 rings (SSSR count). The van der Waals surface area contributed by atoms with E-state index >= 15 is 0 Å². The van der Waals surface area contributed by atoms with E-state index in [0.717, 1.165) is 0 Å². The van der Waals surface area contributed by atoms with Gasteiger partial charge in [-0.15, -0.1) is 0 Å². The second-order valence-electron chi connectivity index (χ2n) is 0.656. The van der Waals surface area contributed by atoms with E-state index in [2.05, 4.69) is 15.4 Å². The lowest BCUT2D eigenvalue weighted by Crippen LogP contribution is -1.61. The quantitative estimate of drug-likeness (QED) is 0.581. The monoisotopic (exact) mass is 129 g/mol. The summed E-state index contributed by atoms with van der Waals surface area (Å²) in [5.41, 5.74) is 0. The van der Waals surface area contributed by atoms with Crippen molar-refractivity contribution >= 4 is 0 Å². The Kier molecular flexibility index (Phi) is 19.2. The highest BCUT2D eigenvalue weighted by atomic mass is 15.3. The van der Waals surface area contributed by atoms with Gasteiger partial charge in [-0.1, -0.05) is 27.7 Å². The van der Waals surface area contributed by atoms with Crippen molar-refractivity contribution in [2.24, 2.45) is 0 Å². The first-order valence-corrected chi connectivity index (χ1v) is 3.30. The highest BCUT2D eigenvalue weighted by Gasteiger charge is 1.57. The molecule has 1 N–H and O–H groups in total. The molecule has 1 heterocycles. The molecule has 0 aliphatic rings. The lowest BCUT2D eigenvalue weighted by Gasteiger charge is -1.48. The average molecular weight is 129 g/mol. The van der Waals surface area contributed by atoms with Gasteiger partial charge in [-0.3, -0.25) is 0 Å². The molecule has 0 unspecified atom stereocenters. The lowest BCUT2D eigenvalue weighted by atomic mass is 11.0. The predicted molar refractivity (Wildman–Crippen MR) is 39.1 cm³/mol. The maximum atomic E-state index is 3.49. The van der Waals surface area contributed by atoms with Crippen LogP contribution in [0.3, 0.4) is 0 Å². The fourth-order valence-electron chi connectivity index (χ4n) is 0.167. The van der Waals surface area contributed by atoms with Crippen molar-refractivity contribution in [3.05, 3.63) is 12.4 Å². The summed E-state index contributed by atoms with van der Waals surface area (Å²) in [5, 5.41) is 9.33. The molecule has 0 spiro atoms. The number of nitrogens with one attached hydrogen (secondary N) is 1. The molecule has 0 fully saturated rings. The number of hydrogen-bond donors (Lipinski definition) is 1. The summed E-state index contributed by atoms with van der Waals surface area (Å²) >= 11 is 0. The maximum Gasteiger partial charge on any atom is 0.0690 e. The zero-order valence-corrected chi connectivity index (χ0v) is 6.55. The van der Waals surface area contributed by atoms with Crippen molar-refractivity contribution in [2.75, 3.05) is 0 Å². The molecule has 3 heteroatoms. The van der Waals surface area contributed by atoms with Crippen LogP contribution in [-0.2, 0) is 0 Å². The Bertz CT molecular complexity index is 64.8. The molecular formula is C6H15N3. The lowest BCUT2D eigenvalue weighted by molar-refractivity contribution is 0.940. The SMILES string of the molecule is CC.CC.c1cn[nH]n1. The van der Waals surface area contributed by atoms with Gasteiger partial charge in [0.25, 0.3) is 0 Å². The molecule has 1 aromatic heterocycles. The van der Waals surface area contributed by atoms with Crippen molar-refractivity contribution in [3.8, 4) is 0 Å². The van der Waals surface area contributed by atoms with Gasteiger partial charge in [0.05, 0.1) is 12.4 Å². The van der Waals surface area contributed by atoms with E-state index in [1.54, 1.807) is 12.4 Å². The molecule has 54 valence electrons. The first-order valence-electron chi connectivity index (χ1n) is 3.30. The van der Waals surface area contributed by atoms with Crippen LogP contribution in [0.4, 0.5) is 0 Å². The number of nitrogens with zero attached hydrogens (tertiary/aromatic N) is 2. The van der Waals surface area contributed by atoms with Crippen LogP contribution in [0.25, 0.3) is 0 Å². The first-order chi connectivity index (χ1) is 4.50. The summed E-state index contributed by atoms with van der Waals surface area (Å²) < 4.78 is 0. The molecule has 0 aliphatic carbocycles. The molecular weight excluding hydrogens is 114 g/mol. The van der Waals surface area contributed by atoms with E-state index in [1.165, 1.54) is 0 Å². The standard InChI is InChI=1S/C2H3N3.2C2H6/c1-2-4-5-3-1;2*1-2/h1-2H,(H,3,4,5);2*1-2H3. The molecule has 0 amide bonds. The third kappa shape index (κ3) is 11.0. The van der Waals surface area contributed by atoms with Crippen molar-refractivity contribution in [3.63, 3.8) is 0 Å². The third-order valence-corrected chi connectivity index (χ3v) is 0.331. The largest absolute Gasteiger partial charge is 0.198 e. The van der Waals surface area contributed by atoms with Gasteiger partial charge in [0, 0.05) is 0 Å². The van der Waals surface area contributed by atoms with Gasteiger partial charge in [-0.25, -0.2) is 0 Å². The minimum atomic E-state index is 1.58. The minimum absolute atomic E-state index is 1.58. The fourth-order valence-corrected chi connectivity index (χ4v) is 0.167. The van der Waals surface area contributed by atoms with E-state index in [4.69, 9.17) is 0 Å². The van der Waals surface area contributed by atoms with Crippen molar-refractivity contribution < 1.29 is 0 Å². The molecule has 0 bridgehead atoms. The molecule has 0 aliphatic heterocycles. The Morgan fingerprint density at radius 3 is 1.33 bits per heavy atom. The van der Waals surface area contributed by atoms with E-state index < -0.39 is 0 Å². The average Bonchev–Trinajstić information content (AvgIpc) is 2.51. The van der Waals surface area contributed by atoms with Gasteiger partial charge in [-0.2, -0.15) is 15.4 Å². The van der Waals surface area contributed by atoms with Gasteiger partial charge in [0.15, 0.2) is 0 Å². The van der Waals surface area contributed by atoms with Crippen molar-refractivity contribution in [1.29, 1.82) is 0 Å². The first kappa shape index (κ1) is 11.0. The molecule has 0 atom stereocenters. The molecule has 0 saturated carbocycles. The van der Waals surface area contributed by atoms with Crippen molar-refractivity contribution in [2.45, 2.75) is 27.7 Å². The molecule has 0 radical (unpaired) electrons. The maximum absolute atomic E-state index is 3.49. The molecule has 0 aromatic carbocycles. The Hall–Kier alpha value is -0.860. The Labute approximate surface area is 56.5 Å². The number of rotatable bonds is 0. The predicted octanol–water partition coefficient (Wildman–Crippen LogP) is 1.86. The van der Waals surface area contributed by atoms with Crippen LogP contribution in [0.15, 0.2) is 12.4 Å². The Morgan fingerprint density at radius 1 is 0.889 bits per heavy atom. The number of hydrogen-bond acceptors (Lipinski definition) is 2. The third-order valence-electron chi connectivity index (χ3n) is 0.331. The summed E-state index contributed by atoms with van der Waals surface area (Å²) in [6, 6.07) is 0.